The molecule has 0 unspecified atom stereocenters. The molecule has 0 fully saturated rings. The Bertz CT molecular complexity index is 522. The van der Waals surface area contributed by atoms with Gasteiger partial charge in [0.05, 0.1) is 10.0 Å². The summed E-state index contributed by atoms with van der Waals surface area (Å²) in [5.74, 6) is -0.692. The summed E-state index contributed by atoms with van der Waals surface area (Å²) in [4.78, 5) is 3.51. The summed E-state index contributed by atoms with van der Waals surface area (Å²) in [5.41, 5.74) is 0.660. The zero-order valence-corrected chi connectivity index (χ0v) is 10.1. The summed E-state index contributed by atoms with van der Waals surface area (Å²) in [7, 11) is 0. The molecule has 0 amide bonds. The van der Waals surface area contributed by atoms with Crippen molar-refractivity contribution in [3.05, 3.63) is 51.5 Å². The van der Waals surface area contributed by atoms with Gasteiger partial charge in [-0.1, -0.05) is 40.9 Å². The lowest BCUT2D eigenvalue weighted by Gasteiger charge is -2.07. The van der Waals surface area contributed by atoms with Gasteiger partial charge in [-0.2, -0.15) is 4.39 Å². The Labute approximate surface area is 107 Å². The highest BCUT2D eigenvalue weighted by molar-refractivity contribution is 6.39. The van der Waals surface area contributed by atoms with Crippen LogP contribution in [0.5, 0.6) is 0 Å². The zero-order valence-electron chi connectivity index (χ0n) is 7.85. The molecule has 0 aliphatic rings. The number of hydrogen-bond donors (Lipinski definition) is 0. The molecule has 0 N–H and O–H groups in total. The van der Waals surface area contributed by atoms with Gasteiger partial charge < -0.3 is 0 Å². The van der Waals surface area contributed by atoms with E-state index in [1.807, 2.05) is 0 Å². The van der Waals surface area contributed by atoms with Crippen LogP contribution in [0.4, 0.5) is 4.39 Å². The average molecular weight is 277 g/mol. The summed E-state index contributed by atoms with van der Waals surface area (Å²) in [5, 5.41) is 0.829. The summed E-state index contributed by atoms with van der Waals surface area (Å²) >= 11 is 17.5. The fourth-order valence-electron chi connectivity index (χ4n) is 1.35. The van der Waals surface area contributed by atoms with Crippen LogP contribution in [0.1, 0.15) is 0 Å². The lowest BCUT2D eigenvalue weighted by atomic mass is 10.1. The molecular formula is C11H5Cl3FN. The molecule has 0 aliphatic heterocycles. The van der Waals surface area contributed by atoms with E-state index in [4.69, 9.17) is 34.8 Å². The molecular weight excluding hydrogens is 271 g/mol. The molecule has 0 saturated carbocycles. The highest BCUT2D eigenvalue weighted by Crippen LogP contribution is 2.35. The molecule has 0 spiro atoms. The van der Waals surface area contributed by atoms with Crippen molar-refractivity contribution in [2.24, 2.45) is 0 Å². The summed E-state index contributed by atoms with van der Waals surface area (Å²) in [6, 6.07) is 7.94. The molecule has 82 valence electrons. The fourth-order valence-corrected chi connectivity index (χ4v) is 2.09. The Balaban J connectivity index is 2.68. The molecule has 1 heterocycles. The van der Waals surface area contributed by atoms with E-state index >= 15 is 0 Å². The van der Waals surface area contributed by atoms with Crippen LogP contribution in [0, 0.1) is 5.95 Å². The first-order chi connectivity index (χ1) is 7.59. The molecule has 1 nitrogen and oxygen atoms in total. The molecule has 5 heteroatoms. The number of benzene rings is 1. The van der Waals surface area contributed by atoms with E-state index in [0.29, 0.717) is 15.6 Å². The number of hydrogen-bond acceptors (Lipinski definition) is 1. The van der Waals surface area contributed by atoms with E-state index in [-0.39, 0.29) is 10.7 Å². The Morgan fingerprint density at radius 2 is 1.56 bits per heavy atom. The third-order valence-corrected chi connectivity index (χ3v) is 2.89. The Morgan fingerprint density at radius 1 is 0.938 bits per heavy atom. The van der Waals surface area contributed by atoms with Crippen LogP contribution in [0.2, 0.25) is 15.2 Å². The van der Waals surface area contributed by atoms with Crippen molar-refractivity contribution in [1.82, 2.24) is 4.98 Å². The maximum Gasteiger partial charge on any atom is 0.222 e. The monoisotopic (exact) mass is 275 g/mol. The molecule has 0 atom stereocenters. The van der Waals surface area contributed by atoms with Crippen molar-refractivity contribution in [1.29, 1.82) is 0 Å². The van der Waals surface area contributed by atoms with Crippen LogP contribution >= 0.6 is 34.8 Å². The first-order valence-corrected chi connectivity index (χ1v) is 5.49. The van der Waals surface area contributed by atoms with Crippen LogP contribution in [0.3, 0.4) is 0 Å². The zero-order chi connectivity index (χ0) is 11.7. The maximum absolute atomic E-state index is 13.6. The van der Waals surface area contributed by atoms with Crippen LogP contribution < -0.4 is 0 Å². The highest BCUT2D eigenvalue weighted by atomic mass is 35.5. The molecule has 2 rings (SSSR count). The SMILES string of the molecule is Fc1nc(Cl)ccc1-c1c(Cl)cccc1Cl. The van der Waals surface area contributed by atoms with E-state index in [1.165, 1.54) is 12.1 Å². The maximum atomic E-state index is 13.6. The lowest BCUT2D eigenvalue weighted by Crippen LogP contribution is -1.90. The lowest BCUT2D eigenvalue weighted by molar-refractivity contribution is 0.588. The largest absolute Gasteiger partial charge is 0.222 e. The number of halogens is 4. The van der Waals surface area contributed by atoms with Crippen LogP contribution in [-0.2, 0) is 0 Å². The van der Waals surface area contributed by atoms with Crippen molar-refractivity contribution in [3.8, 4) is 11.1 Å². The molecule has 16 heavy (non-hydrogen) atoms. The minimum atomic E-state index is -0.692. The third-order valence-electron chi connectivity index (χ3n) is 2.05. The number of rotatable bonds is 1. The quantitative estimate of drug-likeness (QED) is 0.679. The van der Waals surface area contributed by atoms with Gasteiger partial charge in [0.15, 0.2) is 0 Å². The molecule has 0 aliphatic carbocycles. The minimum absolute atomic E-state index is 0.0874. The minimum Gasteiger partial charge on any atom is -0.207 e. The molecule has 0 bridgehead atoms. The molecule has 2 aromatic rings. The van der Waals surface area contributed by atoms with E-state index in [2.05, 4.69) is 4.98 Å². The predicted octanol–water partition coefficient (Wildman–Crippen LogP) is 4.85. The first-order valence-electron chi connectivity index (χ1n) is 4.36. The summed E-state index contributed by atoms with van der Waals surface area (Å²) in [6.45, 7) is 0. The van der Waals surface area contributed by atoms with Crippen molar-refractivity contribution in [2.45, 2.75) is 0 Å². The number of nitrogens with zero attached hydrogens (tertiary/aromatic N) is 1. The predicted molar refractivity (Wildman–Crippen MR) is 64.7 cm³/mol. The van der Waals surface area contributed by atoms with Gasteiger partial charge in [0, 0.05) is 11.1 Å². The molecule has 1 aromatic carbocycles. The van der Waals surface area contributed by atoms with Gasteiger partial charge in [-0.15, -0.1) is 0 Å². The van der Waals surface area contributed by atoms with Crippen LogP contribution in [-0.4, -0.2) is 4.98 Å². The van der Waals surface area contributed by atoms with Gasteiger partial charge in [0.2, 0.25) is 5.95 Å². The van der Waals surface area contributed by atoms with Crippen molar-refractivity contribution < 1.29 is 4.39 Å². The molecule has 0 radical (unpaired) electrons. The van der Waals surface area contributed by atoms with Gasteiger partial charge in [-0.05, 0) is 24.3 Å². The second-order valence-corrected chi connectivity index (χ2v) is 4.27. The normalized spacial score (nSPS) is 10.5. The van der Waals surface area contributed by atoms with E-state index in [0.717, 1.165) is 0 Å². The second kappa shape index (κ2) is 4.58. The molecule has 1 aromatic heterocycles. The fraction of sp³-hybridized carbons (Fsp3) is 0. The van der Waals surface area contributed by atoms with Crippen LogP contribution in [0.25, 0.3) is 11.1 Å². The summed E-state index contributed by atoms with van der Waals surface area (Å²) in [6.07, 6.45) is 0. The topological polar surface area (TPSA) is 12.9 Å². The van der Waals surface area contributed by atoms with Gasteiger partial charge in [-0.3, -0.25) is 0 Å². The first kappa shape index (κ1) is 11.6. The van der Waals surface area contributed by atoms with E-state index in [9.17, 15) is 4.39 Å². The number of pyridine rings is 1. The van der Waals surface area contributed by atoms with Gasteiger partial charge in [0.1, 0.15) is 5.15 Å². The Morgan fingerprint density at radius 3 is 2.12 bits per heavy atom. The Hall–Kier alpha value is -0.830. The van der Waals surface area contributed by atoms with Crippen molar-refractivity contribution in [2.75, 3.05) is 0 Å². The van der Waals surface area contributed by atoms with Crippen LogP contribution in [0.15, 0.2) is 30.3 Å². The summed E-state index contributed by atoms with van der Waals surface area (Å²) < 4.78 is 13.6. The smallest absolute Gasteiger partial charge is 0.207 e. The highest BCUT2D eigenvalue weighted by Gasteiger charge is 2.13. The van der Waals surface area contributed by atoms with E-state index in [1.54, 1.807) is 18.2 Å². The average Bonchev–Trinajstić information content (AvgIpc) is 2.20. The van der Waals surface area contributed by atoms with Gasteiger partial charge in [-0.25, -0.2) is 4.98 Å². The van der Waals surface area contributed by atoms with Crippen molar-refractivity contribution in [3.63, 3.8) is 0 Å². The van der Waals surface area contributed by atoms with Gasteiger partial charge >= 0.3 is 0 Å². The van der Waals surface area contributed by atoms with Crippen molar-refractivity contribution >= 4 is 34.8 Å². The van der Waals surface area contributed by atoms with Gasteiger partial charge in [0.25, 0.3) is 0 Å². The number of aromatic nitrogens is 1. The second-order valence-electron chi connectivity index (χ2n) is 3.07. The van der Waals surface area contributed by atoms with E-state index < -0.39 is 5.95 Å². The third kappa shape index (κ3) is 2.14. The standard InChI is InChI=1S/C11H5Cl3FN/c12-7-2-1-3-8(13)10(7)6-4-5-9(14)16-11(6)15/h1-5H. The Kier molecular flexibility index (Phi) is 3.33. The molecule has 0 saturated heterocycles.